The summed E-state index contributed by atoms with van der Waals surface area (Å²) < 4.78 is 0. The van der Waals surface area contributed by atoms with Crippen molar-refractivity contribution >= 4 is 17.9 Å². The van der Waals surface area contributed by atoms with E-state index in [0.29, 0.717) is 5.56 Å². The van der Waals surface area contributed by atoms with E-state index in [1.165, 1.54) is 0 Å². The minimum absolute atomic E-state index is 0.167. The van der Waals surface area contributed by atoms with Crippen LogP contribution in [0.3, 0.4) is 0 Å². The topological polar surface area (TPSA) is 112 Å². The number of rotatable bonds is 4. The van der Waals surface area contributed by atoms with Crippen LogP contribution >= 0.6 is 0 Å². The van der Waals surface area contributed by atoms with Gasteiger partial charge in [-0.25, -0.2) is 14.4 Å². The summed E-state index contributed by atoms with van der Waals surface area (Å²) in [5.41, 5.74) is -1.46. The summed E-state index contributed by atoms with van der Waals surface area (Å²) >= 11 is 0. The molecule has 0 atom stereocenters. The smallest absolute Gasteiger partial charge is 0.337 e. The molecule has 0 amide bonds. The van der Waals surface area contributed by atoms with Crippen LogP contribution in [0, 0.1) is 6.92 Å². The van der Waals surface area contributed by atoms with Gasteiger partial charge in [0.2, 0.25) is 0 Å². The second kappa shape index (κ2) is 4.65. The van der Waals surface area contributed by atoms with Crippen molar-refractivity contribution in [3.05, 3.63) is 41.3 Å². The molecule has 0 saturated heterocycles. The fourth-order valence-electron chi connectivity index (χ4n) is 1.41. The van der Waals surface area contributed by atoms with Gasteiger partial charge in [0.05, 0.1) is 16.7 Å². The maximum atomic E-state index is 10.9. The van der Waals surface area contributed by atoms with Crippen molar-refractivity contribution in [3.8, 4) is 0 Å². The van der Waals surface area contributed by atoms with Gasteiger partial charge in [-0.15, -0.1) is 0 Å². The van der Waals surface area contributed by atoms with Crippen LogP contribution in [0.5, 0.6) is 0 Å². The van der Waals surface area contributed by atoms with Gasteiger partial charge < -0.3 is 15.3 Å². The van der Waals surface area contributed by atoms with Crippen molar-refractivity contribution in [1.29, 1.82) is 0 Å². The van der Waals surface area contributed by atoms with Crippen LogP contribution in [0.4, 0.5) is 0 Å². The molecule has 6 nitrogen and oxygen atoms in total. The van der Waals surface area contributed by atoms with Crippen LogP contribution < -0.4 is 0 Å². The molecule has 0 spiro atoms. The highest BCUT2D eigenvalue weighted by Crippen LogP contribution is 2.19. The molecule has 0 heterocycles. The van der Waals surface area contributed by atoms with E-state index in [4.69, 9.17) is 15.3 Å². The predicted octanol–water partition coefficient (Wildman–Crippen LogP) is 1.16. The van der Waals surface area contributed by atoms with E-state index in [1.54, 1.807) is 0 Å². The molecule has 0 aromatic heterocycles. The van der Waals surface area contributed by atoms with Crippen molar-refractivity contribution < 1.29 is 29.7 Å². The van der Waals surface area contributed by atoms with Crippen LogP contribution in [-0.2, 0) is 6.42 Å². The van der Waals surface area contributed by atoms with E-state index in [9.17, 15) is 14.4 Å². The number of carboxylic acids is 3. The Balaban J connectivity index is 3.67. The van der Waals surface area contributed by atoms with Crippen molar-refractivity contribution in [1.82, 2.24) is 0 Å². The van der Waals surface area contributed by atoms with Crippen LogP contribution in [-0.4, -0.2) is 33.2 Å². The molecule has 6 heteroatoms. The van der Waals surface area contributed by atoms with Crippen LogP contribution in [0.15, 0.2) is 12.1 Å². The average molecular weight is 237 g/mol. The van der Waals surface area contributed by atoms with Crippen molar-refractivity contribution in [2.45, 2.75) is 6.42 Å². The van der Waals surface area contributed by atoms with Crippen LogP contribution in [0.25, 0.3) is 0 Å². The molecule has 0 bridgehead atoms. The quantitative estimate of drug-likeness (QED) is 0.724. The first kappa shape index (κ1) is 12.7. The van der Waals surface area contributed by atoms with Crippen molar-refractivity contribution in [2.75, 3.05) is 0 Å². The number of aromatic carboxylic acids is 3. The third-order valence-corrected chi connectivity index (χ3v) is 2.16. The number of carbonyl (C=O) groups is 3. The summed E-state index contributed by atoms with van der Waals surface area (Å²) in [5, 5.41) is 26.6. The van der Waals surface area contributed by atoms with Crippen LogP contribution in [0.2, 0.25) is 0 Å². The Morgan fingerprint density at radius 2 is 1.35 bits per heavy atom. The maximum absolute atomic E-state index is 10.9. The second-order valence-electron chi connectivity index (χ2n) is 3.23. The number of hydrogen-bond acceptors (Lipinski definition) is 3. The summed E-state index contributed by atoms with van der Waals surface area (Å²) in [6, 6.07) is 2.23. The van der Waals surface area contributed by atoms with Gasteiger partial charge in [-0.1, -0.05) is 0 Å². The fraction of sp³-hybridized carbons (Fsp3) is 0.0909. The Hall–Kier alpha value is -2.37. The first-order valence-electron chi connectivity index (χ1n) is 4.54. The van der Waals surface area contributed by atoms with Gasteiger partial charge in [-0.2, -0.15) is 0 Å². The molecule has 3 N–H and O–H groups in total. The second-order valence-corrected chi connectivity index (χ2v) is 3.23. The molecule has 1 aromatic carbocycles. The molecule has 0 saturated carbocycles. The third kappa shape index (κ3) is 2.41. The van der Waals surface area contributed by atoms with Crippen LogP contribution in [0.1, 0.15) is 36.6 Å². The van der Waals surface area contributed by atoms with Gasteiger partial charge in [-0.05, 0) is 31.0 Å². The molecule has 1 aromatic rings. The summed E-state index contributed by atoms with van der Waals surface area (Å²) in [4.78, 5) is 32.7. The molecule has 89 valence electrons. The summed E-state index contributed by atoms with van der Waals surface area (Å²) in [7, 11) is 0. The molecular formula is C11H9O6. The molecular weight excluding hydrogens is 228 g/mol. The van der Waals surface area contributed by atoms with Gasteiger partial charge >= 0.3 is 17.9 Å². The van der Waals surface area contributed by atoms with Gasteiger partial charge in [0.15, 0.2) is 0 Å². The first-order valence-corrected chi connectivity index (χ1v) is 4.54. The van der Waals surface area contributed by atoms with E-state index in [0.717, 1.165) is 12.1 Å². The zero-order valence-electron chi connectivity index (χ0n) is 8.64. The van der Waals surface area contributed by atoms with Gasteiger partial charge in [0, 0.05) is 0 Å². The van der Waals surface area contributed by atoms with Gasteiger partial charge in [0.25, 0.3) is 0 Å². The minimum Gasteiger partial charge on any atom is -0.478 e. The lowest BCUT2D eigenvalue weighted by atomic mass is 9.96. The highest BCUT2D eigenvalue weighted by Gasteiger charge is 2.24. The molecule has 0 aliphatic heterocycles. The fourth-order valence-corrected chi connectivity index (χ4v) is 1.41. The monoisotopic (exact) mass is 237 g/mol. The van der Waals surface area contributed by atoms with Crippen molar-refractivity contribution in [3.63, 3.8) is 0 Å². The van der Waals surface area contributed by atoms with E-state index < -0.39 is 34.6 Å². The molecule has 17 heavy (non-hydrogen) atoms. The number of benzene rings is 1. The Kier molecular flexibility index (Phi) is 3.47. The molecule has 1 rings (SSSR count). The van der Waals surface area contributed by atoms with E-state index in [1.807, 2.05) is 0 Å². The first-order chi connectivity index (χ1) is 7.88. The highest BCUT2D eigenvalue weighted by atomic mass is 16.4. The molecule has 0 aliphatic carbocycles. The average Bonchev–Trinajstić information content (AvgIpc) is 2.26. The maximum Gasteiger partial charge on any atom is 0.337 e. The van der Waals surface area contributed by atoms with E-state index in [2.05, 4.69) is 6.92 Å². The molecule has 1 radical (unpaired) electrons. The van der Waals surface area contributed by atoms with Gasteiger partial charge in [-0.3, -0.25) is 0 Å². The largest absolute Gasteiger partial charge is 0.478 e. The Labute approximate surface area is 96.1 Å². The predicted molar refractivity (Wildman–Crippen MR) is 56.4 cm³/mol. The molecule has 0 unspecified atom stereocenters. The highest BCUT2D eigenvalue weighted by molar-refractivity contribution is 6.09. The molecule has 0 aliphatic rings. The number of hydrogen-bond donors (Lipinski definition) is 3. The standard InChI is InChI=1S/C11H9O6/c1-2-5-3-6(9(12)13)8(11(16)17)7(4-5)10(14)15/h3-4H,1-2H2,(H,12,13)(H,14,15)(H,16,17). The minimum atomic E-state index is -1.59. The lowest BCUT2D eigenvalue weighted by Gasteiger charge is -2.08. The summed E-state index contributed by atoms with van der Waals surface area (Å²) in [5.74, 6) is -4.56. The summed E-state index contributed by atoms with van der Waals surface area (Å²) in [6.45, 7) is 3.50. The SMILES string of the molecule is [CH2]Cc1cc(C(=O)O)c(C(=O)O)c(C(=O)O)c1. The van der Waals surface area contributed by atoms with Crippen molar-refractivity contribution in [2.24, 2.45) is 0 Å². The Bertz CT molecular complexity index is 468. The molecule has 0 fully saturated rings. The normalized spacial score (nSPS) is 9.94. The third-order valence-electron chi connectivity index (χ3n) is 2.16. The Morgan fingerprint density at radius 1 is 0.941 bits per heavy atom. The zero-order valence-corrected chi connectivity index (χ0v) is 8.64. The zero-order chi connectivity index (χ0) is 13.2. The number of carboxylic acid groups (broad SMARTS) is 3. The van der Waals surface area contributed by atoms with E-state index in [-0.39, 0.29) is 6.42 Å². The summed E-state index contributed by atoms with van der Waals surface area (Å²) in [6.07, 6.45) is 0.167. The van der Waals surface area contributed by atoms with Gasteiger partial charge in [0.1, 0.15) is 0 Å². The lowest BCUT2D eigenvalue weighted by molar-refractivity contribution is 0.0633. The lowest BCUT2D eigenvalue weighted by Crippen LogP contribution is -2.15. The van der Waals surface area contributed by atoms with E-state index >= 15 is 0 Å². The Morgan fingerprint density at radius 3 is 1.59 bits per heavy atom.